The molecule has 0 bridgehead atoms. The Morgan fingerprint density at radius 3 is 1.13 bits per heavy atom. The van der Waals surface area contributed by atoms with Crippen LogP contribution in [0.5, 0.6) is 0 Å². The third kappa shape index (κ3) is 19.2. The van der Waals surface area contributed by atoms with E-state index in [2.05, 4.69) is 0 Å². The Hall–Kier alpha value is -1.32. The van der Waals surface area contributed by atoms with E-state index in [0.717, 1.165) is 0 Å². The summed E-state index contributed by atoms with van der Waals surface area (Å²) < 4.78 is 0. The molecule has 0 aromatic rings. The second-order valence-corrected chi connectivity index (χ2v) is 3.35. The Balaban J connectivity index is 0. The molecule has 0 fully saturated rings. The summed E-state index contributed by atoms with van der Waals surface area (Å²) >= 11 is 0. The van der Waals surface area contributed by atoms with Crippen molar-refractivity contribution in [2.45, 2.75) is 47.0 Å². The van der Waals surface area contributed by atoms with E-state index in [9.17, 15) is 19.2 Å². The van der Waals surface area contributed by atoms with Gasteiger partial charge in [-0.1, -0.05) is 6.92 Å². The van der Waals surface area contributed by atoms with E-state index in [1.54, 1.807) is 6.92 Å². The molecule has 0 aliphatic carbocycles. The number of carbonyl (C=O) groups excluding carboxylic acids is 4. The van der Waals surface area contributed by atoms with Gasteiger partial charge in [-0.3, -0.25) is 19.2 Å². The third-order valence-corrected chi connectivity index (χ3v) is 1.34. The first kappa shape index (κ1) is 16.1. The fourth-order valence-electron chi connectivity index (χ4n) is 0.753. The lowest BCUT2D eigenvalue weighted by atomic mass is 10.2. The number of ketones is 4. The SMILES string of the molecule is CC(=O)CC(C)=O.CCC(=O)CC(C)=O. The van der Waals surface area contributed by atoms with E-state index >= 15 is 0 Å². The molecule has 0 saturated carbocycles. The van der Waals surface area contributed by atoms with Crippen LogP contribution < -0.4 is 0 Å². The largest absolute Gasteiger partial charge is 0.300 e. The first-order valence-electron chi connectivity index (χ1n) is 4.79. The first-order valence-corrected chi connectivity index (χ1v) is 4.79. The number of hydrogen-bond donors (Lipinski definition) is 0. The van der Waals surface area contributed by atoms with Crippen LogP contribution in [0.3, 0.4) is 0 Å². The summed E-state index contributed by atoms with van der Waals surface area (Å²) in [6, 6.07) is 0. The summed E-state index contributed by atoms with van der Waals surface area (Å²) in [5, 5.41) is 0. The summed E-state index contributed by atoms with van der Waals surface area (Å²) in [6.45, 7) is 5.99. The molecule has 0 rings (SSSR count). The zero-order valence-electron chi connectivity index (χ0n) is 9.75. The van der Waals surface area contributed by atoms with Crippen molar-refractivity contribution in [3.8, 4) is 0 Å². The minimum atomic E-state index is -0.0625. The summed E-state index contributed by atoms with van der Waals surface area (Å²) in [6.07, 6.45) is 0.663. The van der Waals surface area contributed by atoms with Gasteiger partial charge in [0.15, 0.2) is 0 Å². The van der Waals surface area contributed by atoms with Gasteiger partial charge in [-0.2, -0.15) is 0 Å². The molecule has 0 aromatic heterocycles. The van der Waals surface area contributed by atoms with Gasteiger partial charge in [0.2, 0.25) is 0 Å². The summed E-state index contributed by atoms with van der Waals surface area (Å²) in [5.41, 5.74) is 0. The second-order valence-electron chi connectivity index (χ2n) is 3.35. The van der Waals surface area contributed by atoms with E-state index in [1.165, 1.54) is 20.8 Å². The molecule has 0 unspecified atom stereocenters. The van der Waals surface area contributed by atoms with Crippen LogP contribution in [0.1, 0.15) is 47.0 Å². The molecule has 86 valence electrons. The van der Waals surface area contributed by atoms with Crippen LogP contribution in [0.15, 0.2) is 0 Å². The van der Waals surface area contributed by atoms with Gasteiger partial charge in [-0.25, -0.2) is 0 Å². The molecule has 0 aliphatic heterocycles. The molecule has 0 saturated heterocycles. The van der Waals surface area contributed by atoms with Crippen molar-refractivity contribution >= 4 is 23.1 Å². The van der Waals surface area contributed by atoms with Gasteiger partial charge in [0.1, 0.15) is 23.1 Å². The van der Waals surface area contributed by atoms with Crippen LogP contribution in [0.25, 0.3) is 0 Å². The molecular formula is C11H18O4. The molecule has 0 aromatic carbocycles. The molecule has 0 atom stereocenters. The van der Waals surface area contributed by atoms with Gasteiger partial charge in [-0.05, 0) is 20.8 Å². The van der Waals surface area contributed by atoms with Gasteiger partial charge in [0.25, 0.3) is 0 Å². The van der Waals surface area contributed by atoms with Gasteiger partial charge < -0.3 is 0 Å². The fourth-order valence-corrected chi connectivity index (χ4v) is 0.753. The number of hydrogen-bond acceptors (Lipinski definition) is 4. The smallest absolute Gasteiger partial charge is 0.139 e. The van der Waals surface area contributed by atoms with E-state index in [-0.39, 0.29) is 36.0 Å². The Morgan fingerprint density at radius 2 is 1.07 bits per heavy atom. The second kappa shape index (κ2) is 9.24. The Morgan fingerprint density at radius 1 is 0.733 bits per heavy atom. The minimum absolute atomic E-state index is 0.0255. The molecule has 0 spiro atoms. The van der Waals surface area contributed by atoms with E-state index in [4.69, 9.17) is 0 Å². The number of Topliss-reactive ketones (excluding diaryl/α,β-unsaturated/α-hetero) is 4. The molecule has 0 amide bonds. The van der Waals surface area contributed by atoms with Crippen molar-refractivity contribution < 1.29 is 19.2 Å². The van der Waals surface area contributed by atoms with Gasteiger partial charge >= 0.3 is 0 Å². The third-order valence-electron chi connectivity index (χ3n) is 1.34. The van der Waals surface area contributed by atoms with Crippen molar-refractivity contribution in [2.75, 3.05) is 0 Å². The number of rotatable bonds is 5. The maximum absolute atomic E-state index is 10.4. The summed E-state index contributed by atoms with van der Waals surface area (Å²) in [4.78, 5) is 40.7. The van der Waals surface area contributed by atoms with Crippen LogP contribution in [0, 0.1) is 0 Å². The Labute approximate surface area is 90.0 Å². The quantitative estimate of drug-likeness (QED) is 0.650. The Kier molecular flexibility index (Phi) is 9.94. The van der Waals surface area contributed by atoms with Crippen LogP contribution in [-0.2, 0) is 19.2 Å². The highest BCUT2D eigenvalue weighted by Crippen LogP contribution is 1.88. The molecule has 4 heteroatoms. The molecule has 0 aliphatic rings. The van der Waals surface area contributed by atoms with Gasteiger partial charge in [0.05, 0.1) is 12.8 Å². The highest BCUT2D eigenvalue weighted by Gasteiger charge is 1.99. The predicted octanol–water partition coefficient (Wildman–Crippen LogP) is 1.50. The first-order chi connectivity index (χ1) is 6.79. The molecular weight excluding hydrogens is 196 g/mol. The molecule has 0 heterocycles. The van der Waals surface area contributed by atoms with Crippen LogP contribution >= 0.6 is 0 Å². The van der Waals surface area contributed by atoms with Crippen LogP contribution in [0.2, 0.25) is 0 Å². The highest BCUT2D eigenvalue weighted by molar-refractivity contribution is 5.97. The fraction of sp³-hybridized carbons (Fsp3) is 0.636. The average molecular weight is 214 g/mol. The van der Waals surface area contributed by atoms with Crippen molar-refractivity contribution in [1.82, 2.24) is 0 Å². The predicted molar refractivity (Wildman–Crippen MR) is 56.6 cm³/mol. The van der Waals surface area contributed by atoms with Gasteiger partial charge in [0, 0.05) is 6.42 Å². The zero-order chi connectivity index (χ0) is 12.4. The van der Waals surface area contributed by atoms with E-state index in [1.807, 2.05) is 0 Å². The summed E-state index contributed by atoms with van der Waals surface area (Å²) in [5.74, 6) is -0.144. The van der Waals surface area contributed by atoms with Crippen molar-refractivity contribution in [1.29, 1.82) is 0 Å². The van der Waals surface area contributed by atoms with Gasteiger partial charge in [-0.15, -0.1) is 0 Å². The van der Waals surface area contributed by atoms with Crippen LogP contribution in [0.4, 0.5) is 0 Å². The Bertz CT molecular complexity index is 241. The minimum Gasteiger partial charge on any atom is -0.300 e. The molecule has 0 radical (unpaired) electrons. The topological polar surface area (TPSA) is 68.3 Å². The zero-order valence-corrected chi connectivity index (χ0v) is 9.75. The maximum atomic E-state index is 10.4. The van der Waals surface area contributed by atoms with E-state index in [0.29, 0.717) is 6.42 Å². The standard InChI is InChI=1S/C6H10O2.C5H8O2/c1-3-6(8)4-5(2)7;1-4(6)3-5(2)7/h3-4H2,1-2H3;3H2,1-2H3. The molecule has 15 heavy (non-hydrogen) atoms. The normalized spacial score (nSPS) is 8.53. The van der Waals surface area contributed by atoms with E-state index < -0.39 is 0 Å². The monoisotopic (exact) mass is 214 g/mol. The van der Waals surface area contributed by atoms with Crippen molar-refractivity contribution in [2.24, 2.45) is 0 Å². The number of carbonyl (C=O) groups is 4. The highest BCUT2D eigenvalue weighted by atomic mass is 16.2. The van der Waals surface area contributed by atoms with Crippen LogP contribution in [-0.4, -0.2) is 23.1 Å². The molecule has 4 nitrogen and oxygen atoms in total. The lowest BCUT2D eigenvalue weighted by Gasteiger charge is -1.87. The van der Waals surface area contributed by atoms with Crippen molar-refractivity contribution in [3.63, 3.8) is 0 Å². The lowest BCUT2D eigenvalue weighted by Crippen LogP contribution is -2.01. The summed E-state index contributed by atoms with van der Waals surface area (Å²) in [7, 11) is 0. The molecule has 0 N–H and O–H groups in total. The average Bonchev–Trinajstić information content (AvgIpc) is 2.01. The lowest BCUT2D eigenvalue weighted by molar-refractivity contribution is -0.126. The maximum Gasteiger partial charge on any atom is 0.139 e. The van der Waals surface area contributed by atoms with Crippen molar-refractivity contribution in [3.05, 3.63) is 0 Å².